The van der Waals surface area contributed by atoms with Crippen LogP contribution in [0.15, 0.2) is 52.7 Å². The van der Waals surface area contributed by atoms with Crippen LogP contribution in [0.5, 0.6) is 17.2 Å². The molecule has 0 aliphatic carbocycles. The van der Waals surface area contributed by atoms with E-state index in [1.165, 1.54) is 0 Å². The summed E-state index contributed by atoms with van der Waals surface area (Å²) in [6.07, 6.45) is 5.38. The minimum Gasteiger partial charge on any atom is -0.493 e. The third kappa shape index (κ3) is 2.59. The highest BCUT2D eigenvalue weighted by atomic mass is 79.9. The SMILES string of the molecule is COc1cc(C2C(C#N)=C(N)Oc3c2ccn2ccnc32)cc(Br)c1OC. The first-order chi connectivity index (χ1) is 13.1. The number of ether oxygens (including phenoxy) is 3. The summed E-state index contributed by atoms with van der Waals surface area (Å²) in [5, 5.41) is 9.73. The summed E-state index contributed by atoms with van der Waals surface area (Å²) >= 11 is 3.51. The van der Waals surface area contributed by atoms with Gasteiger partial charge in [-0.2, -0.15) is 5.26 Å². The maximum Gasteiger partial charge on any atom is 0.205 e. The second kappa shape index (κ2) is 6.52. The summed E-state index contributed by atoms with van der Waals surface area (Å²) in [7, 11) is 3.13. The zero-order chi connectivity index (χ0) is 19.1. The zero-order valence-electron chi connectivity index (χ0n) is 14.6. The van der Waals surface area contributed by atoms with E-state index in [0.29, 0.717) is 32.9 Å². The van der Waals surface area contributed by atoms with Gasteiger partial charge in [0.05, 0.1) is 24.6 Å². The van der Waals surface area contributed by atoms with E-state index in [1.807, 2.05) is 35.0 Å². The Kier molecular flexibility index (Phi) is 4.16. The van der Waals surface area contributed by atoms with Crippen LogP contribution >= 0.6 is 15.9 Å². The smallest absolute Gasteiger partial charge is 0.205 e. The fourth-order valence-corrected chi connectivity index (χ4v) is 3.96. The van der Waals surface area contributed by atoms with Crippen LogP contribution in [-0.2, 0) is 0 Å². The van der Waals surface area contributed by atoms with Crippen molar-refractivity contribution in [1.29, 1.82) is 5.26 Å². The van der Waals surface area contributed by atoms with Crippen LogP contribution in [-0.4, -0.2) is 23.6 Å². The summed E-state index contributed by atoms with van der Waals surface area (Å²) in [5.74, 6) is 1.31. The summed E-state index contributed by atoms with van der Waals surface area (Å²) in [6, 6.07) is 7.82. The van der Waals surface area contributed by atoms with Crippen LogP contribution in [0.3, 0.4) is 0 Å². The second-order valence-electron chi connectivity index (χ2n) is 5.92. The quantitative estimate of drug-likeness (QED) is 0.689. The number of fused-ring (bicyclic) bond motifs is 3. The molecule has 4 rings (SSSR count). The van der Waals surface area contributed by atoms with E-state index >= 15 is 0 Å². The number of rotatable bonds is 3. The highest BCUT2D eigenvalue weighted by Crippen LogP contribution is 2.46. The van der Waals surface area contributed by atoms with Crippen molar-refractivity contribution < 1.29 is 14.2 Å². The lowest BCUT2D eigenvalue weighted by atomic mass is 9.84. The first-order valence-corrected chi connectivity index (χ1v) is 8.83. The number of methoxy groups -OCH3 is 2. The molecule has 1 atom stereocenters. The number of pyridine rings is 1. The predicted octanol–water partition coefficient (Wildman–Crippen LogP) is 3.33. The van der Waals surface area contributed by atoms with Crippen LogP contribution < -0.4 is 19.9 Å². The molecule has 0 fully saturated rings. The van der Waals surface area contributed by atoms with Crippen molar-refractivity contribution in [2.75, 3.05) is 14.2 Å². The fraction of sp³-hybridized carbons (Fsp3) is 0.158. The molecule has 8 heteroatoms. The van der Waals surface area contributed by atoms with E-state index in [-0.39, 0.29) is 5.88 Å². The Morgan fingerprint density at radius 2 is 2.11 bits per heavy atom. The van der Waals surface area contributed by atoms with E-state index in [2.05, 4.69) is 27.0 Å². The number of allylic oxidation sites excluding steroid dienone is 1. The van der Waals surface area contributed by atoms with Gasteiger partial charge in [-0.1, -0.05) is 0 Å². The Morgan fingerprint density at radius 3 is 2.81 bits per heavy atom. The number of hydrogen-bond donors (Lipinski definition) is 1. The monoisotopic (exact) mass is 426 g/mol. The Labute approximate surface area is 163 Å². The van der Waals surface area contributed by atoms with Crippen LogP contribution in [0.4, 0.5) is 0 Å². The average molecular weight is 427 g/mol. The number of hydrogen-bond acceptors (Lipinski definition) is 6. The molecule has 27 heavy (non-hydrogen) atoms. The Morgan fingerprint density at radius 1 is 1.30 bits per heavy atom. The summed E-state index contributed by atoms with van der Waals surface area (Å²) in [5.41, 5.74) is 8.68. The maximum absolute atomic E-state index is 9.73. The highest BCUT2D eigenvalue weighted by Gasteiger charge is 2.33. The van der Waals surface area contributed by atoms with Crippen molar-refractivity contribution in [3.05, 3.63) is 63.8 Å². The minimum atomic E-state index is -0.420. The third-order valence-corrected chi connectivity index (χ3v) is 5.12. The van der Waals surface area contributed by atoms with Gasteiger partial charge in [-0.25, -0.2) is 4.98 Å². The molecule has 1 unspecified atom stereocenters. The molecule has 0 amide bonds. The molecule has 1 aliphatic rings. The molecule has 0 saturated carbocycles. The largest absolute Gasteiger partial charge is 0.493 e. The van der Waals surface area contributed by atoms with Crippen molar-refractivity contribution in [1.82, 2.24) is 9.38 Å². The van der Waals surface area contributed by atoms with E-state index in [4.69, 9.17) is 19.9 Å². The summed E-state index contributed by atoms with van der Waals surface area (Å²) in [4.78, 5) is 4.35. The van der Waals surface area contributed by atoms with Gasteiger partial charge in [-0.15, -0.1) is 0 Å². The molecule has 3 heterocycles. The number of imidazole rings is 1. The molecular weight excluding hydrogens is 412 g/mol. The number of benzene rings is 1. The standard InChI is InChI=1S/C19H15BrN4O3/c1-25-14-8-10(7-13(20)17(14)26-2)15-11-3-5-24-6-4-23-19(24)16(11)27-18(22)12(15)9-21/h3-8,15H,22H2,1-2H3. The van der Waals surface area contributed by atoms with Gasteiger partial charge in [0.25, 0.3) is 0 Å². The molecule has 0 radical (unpaired) electrons. The Balaban J connectivity index is 1.99. The topological polar surface area (TPSA) is 94.8 Å². The molecule has 1 aromatic carbocycles. The van der Waals surface area contributed by atoms with Crippen LogP contribution in [0.1, 0.15) is 17.0 Å². The van der Waals surface area contributed by atoms with Crippen molar-refractivity contribution in [3.8, 4) is 23.3 Å². The predicted molar refractivity (Wildman–Crippen MR) is 102 cm³/mol. The lowest BCUT2D eigenvalue weighted by Crippen LogP contribution is -2.21. The normalized spacial score (nSPS) is 15.9. The molecule has 2 aromatic heterocycles. The van der Waals surface area contributed by atoms with Crippen LogP contribution in [0, 0.1) is 11.3 Å². The van der Waals surface area contributed by atoms with Crippen LogP contribution in [0.25, 0.3) is 5.65 Å². The average Bonchev–Trinajstić information content (AvgIpc) is 3.15. The van der Waals surface area contributed by atoms with Crippen molar-refractivity contribution in [2.45, 2.75) is 5.92 Å². The van der Waals surface area contributed by atoms with Gasteiger partial charge in [-0.3, -0.25) is 0 Å². The second-order valence-corrected chi connectivity index (χ2v) is 6.78. The third-order valence-electron chi connectivity index (χ3n) is 4.54. The van der Waals surface area contributed by atoms with Gasteiger partial charge in [-0.05, 0) is 39.7 Å². The molecule has 136 valence electrons. The van der Waals surface area contributed by atoms with E-state index < -0.39 is 5.92 Å². The molecule has 0 saturated heterocycles. The fourth-order valence-electron chi connectivity index (χ4n) is 3.34. The van der Waals surface area contributed by atoms with Gasteiger partial charge < -0.3 is 24.3 Å². The Hall–Kier alpha value is -3.18. The van der Waals surface area contributed by atoms with Crippen molar-refractivity contribution in [2.24, 2.45) is 5.73 Å². The zero-order valence-corrected chi connectivity index (χ0v) is 16.1. The van der Waals surface area contributed by atoms with Crippen LogP contribution in [0.2, 0.25) is 0 Å². The number of nitriles is 1. The lowest BCUT2D eigenvalue weighted by Gasteiger charge is -2.27. The van der Waals surface area contributed by atoms with Gasteiger partial charge in [0, 0.05) is 24.2 Å². The van der Waals surface area contributed by atoms with Gasteiger partial charge in [0.15, 0.2) is 22.9 Å². The van der Waals surface area contributed by atoms with Crippen molar-refractivity contribution >= 4 is 21.6 Å². The van der Waals surface area contributed by atoms with Gasteiger partial charge in [0.1, 0.15) is 11.6 Å². The molecule has 1 aliphatic heterocycles. The van der Waals surface area contributed by atoms with E-state index in [1.54, 1.807) is 20.4 Å². The van der Waals surface area contributed by atoms with E-state index in [9.17, 15) is 5.26 Å². The highest BCUT2D eigenvalue weighted by molar-refractivity contribution is 9.10. The summed E-state index contributed by atoms with van der Waals surface area (Å²) in [6.45, 7) is 0. The number of nitrogens with zero attached hydrogens (tertiary/aromatic N) is 3. The van der Waals surface area contributed by atoms with Crippen molar-refractivity contribution in [3.63, 3.8) is 0 Å². The molecular formula is C19H15BrN4O3. The van der Waals surface area contributed by atoms with Gasteiger partial charge in [0.2, 0.25) is 5.88 Å². The number of halogens is 1. The number of nitrogens with two attached hydrogens (primary N) is 1. The first kappa shape index (κ1) is 17.2. The minimum absolute atomic E-state index is 0.0667. The molecule has 0 bridgehead atoms. The maximum atomic E-state index is 9.73. The summed E-state index contributed by atoms with van der Waals surface area (Å²) < 4.78 is 19.2. The van der Waals surface area contributed by atoms with Gasteiger partial charge >= 0.3 is 0 Å². The lowest BCUT2D eigenvalue weighted by molar-refractivity contribution is 0.352. The molecule has 7 nitrogen and oxygen atoms in total. The number of aromatic nitrogens is 2. The molecule has 3 aromatic rings. The first-order valence-electron chi connectivity index (χ1n) is 8.03. The Bertz CT molecular complexity index is 1130. The van der Waals surface area contributed by atoms with E-state index in [0.717, 1.165) is 11.1 Å². The molecule has 2 N–H and O–H groups in total. The molecule has 0 spiro atoms.